The van der Waals surface area contributed by atoms with Crippen LogP contribution in [-0.2, 0) is 4.79 Å². The monoisotopic (exact) mass is 289 g/mol. The third-order valence-electron chi connectivity index (χ3n) is 4.48. The Balaban J connectivity index is 1.57. The van der Waals surface area contributed by atoms with Gasteiger partial charge < -0.3 is 20.3 Å². The molecule has 5 heteroatoms. The van der Waals surface area contributed by atoms with Crippen LogP contribution in [0.1, 0.15) is 19.8 Å². The van der Waals surface area contributed by atoms with E-state index < -0.39 is 6.10 Å². The summed E-state index contributed by atoms with van der Waals surface area (Å²) in [4.78, 5) is 14.7. The maximum atomic E-state index is 12.4. The fraction of sp³-hybridized carbons (Fsp3) is 0.562. The van der Waals surface area contributed by atoms with E-state index in [0.29, 0.717) is 12.6 Å². The quantitative estimate of drug-likeness (QED) is 0.865. The number of likely N-dealkylation sites (tertiary alicyclic amines) is 1. The van der Waals surface area contributed by atoms with E-state index in [1.807, 2.05) is 24.3 Å². The molecule has 21 heavy (non-hydrogen) atoms. The lowest BCUT2D eigenvalue weighted by Crippen LogP contribution is -2.52. The van der Waals surface area contributed by atoms with Crippen LogP contribution in [0, 0.1) is 0 Å². The molecule has 3 unspecified atom stereocenters. The first-order chi connectivity index (χ1) is 10.1. The van der Waals surface area contributed by atoms with Gasteiger partial charge in [0.25, 0.3) is 5.91 Å². The van der Waals surface area contributed by atoms with Crippen molar-refractivity contribution in [2.24, 2.45) is 0 Å². The molecule has 2 aliphatic rings. The minimum absolute atomic E-state index is 0.0150. The largest absolute Gasteiger partial charge is 0.477 e. The summed E-state index contributed by atoms with van der Waals surface area (Å²) in [5, 5.41) is 6.39. The number of benzene rings is 1. The summed E-state index contributed by atoms with van der Waals surface area (Å²) < 4.78 is 5.80. The minimum Gasteiger partial charge on any atom is -0.477 e. The van der Waals surface area contributed by atoms with Gasteiger partial charge in [-0.3, -0.25) is 4.79 Å². The van der Waals surface area contributed by atoms with Gasteiger partial charge in [0.1, 0.15) is 5.75 Å². The molecule has 2 N–H and O–H groups in total. The van der Waals surface area contributed by atoms with E-state index in [2.05, 4.69) is 29.5 Å². The van der Waals surface area contributed by atoms with E-state index in [0.717, 1.165) is 30.8 Å². The van der Waals surface area contributed by atoms with E-state index in [1.165, 1.54) is 0 Å². The molecule has 0 bridgehead atoms. The second kappa shape index (κ2) is 5.93. The fourth-order valence-electron chi connectivity index (χ4n) is 2.97. The number of hydrogen-bond donors (Lipinski definition) is 2. The van der Waals surface area contributed by atoms with Gasteiger partial charge >= 0.3 is 0 Å². The molecule has 0 aliphatic carbocycles. The van der Waals surface area contributed by atoms with Crippen molar-refractivity contribution in [3.8, 4) is 5.75 Å². The van der Waals surface area contributed by atoms with Gasteiger partial charge in [-0.25, -0.2) is 0 Å². The SMILES string of the molecule is CC1CC(NC(=O)C2CNc3ccccc3O2)CCN1C. The predicted molar refractivity (Wildman–Crippen MR) is 82.6 cm³/mol. The maximum absolute atomic E-state index is 12.4. The Morgan fingerprint density at radius 3 is 3.05 bits per heavy atom. The number of amides is 1. The van der Waals surface area contributed by atoms with Crippen LogP contribution in [0.3, 0.4) is 0 Å². The Morgan fingerprint density at radius 2 is 2.24 bits per heavy atom. The molecule has 2 heterocycles. The lowest BCUT2D eigenvalue weighted by molar-refractivity contribution is -0.128. The van der Waals surface area contributed by atoms with Crippen LogP contribution in [0.4, 0.5) is 5.69 Å². The molecule has 0 spiro atoms. The zero-order valence-electron chi connectivity index (χ0n) is 12.6. The van der Waals surface area contributed by atoms with Gasteiger partial charge in [0.2, 0.25) is 0 Å². The van der Waals surface area contributed by atoms with Crippen molar-refractivity contribution < 1.29 is 9.53 Å². The highest BCUT2D eigenvalue weighted by Crippen LogP contribution is 2.28. The molecular weight excluding hydrogens is 266 g/mol. The lowest BCUT2D eigenvalue weighted by atomic mass is 9.98. The van der Waals surface area contributed by atoms with Gasteiger partial charge in [0, 0.05) is 18.6 Å². The maximum Gasteiger partial charge on any atom is 0.263 e. The molecule has 1 amide bonds. The van der Waals surface area contributed by atoms with Crippen LogP contribution >= 0.6 is 0 Å². The van der Waals surface area contributed by atoms with Crippen molar-refractivity contribution in [1.29, 1.82) is 0 Å². The second-order valence-electron chi connectivity index (χ2n) is 6.04. The standard InChI is InChI=1S/C16H23N3O2/c1-11-9-12(7-8-19(11)2)18-16(20)15-10-17-13-5-3-4-6-14(13)21-15/h3-6,11-12,15,17H,7-10H2,1-2H3,(H,18,20). The zero-order valence-corrected chi connectivity index (χ0v) is 12.6. The summed E-state index contributed by atoms with van der Waals surface area (Å²) >= 11 is 0. The Morgan fingerprint density at radius 1 is 1.43 bits per heavy atom. The molecule has 1 aromatic rings. The third-order valence-corrected chi connectivity index (χ3v) is 4.48. The second-order valence-corrected chi connectivity index (χ2v) is 6.04. The van der Waals surface area contributed by atoms with Gasteiger partial charge in [-0.05, 0) is 38.9 Å². The van der Waals surface area contributed by atoms with Gasteiger partial charge in [0.05, 0.1) is 12.2 Å². The van der Waals surface area contributed by atoms with Crippen molar-refractivity contribution in [2.75, 3.05) is 25.5 Å². The zero-order chi connectivity index (χ0) is 14.8. The number of carbonyl (C=O) groups excluding carboxylic acids is 1. The van der Waals surface area contributed by atoms with Crippen LogP contribution in [0.5, 0.6) is 5.75 Å². The fourth-order valence-corrected chi connectivity index (χ4v) is 2.97. The summed E-state index contributed by atoms with van der Waals surface area (Å²) in [6.45, 7) is 3.75. The van der Waals surface area contributed by atoms with Crippen LogP contribution in [0.25, 0.3) is 0 Å². The first-order valence-corrected chi connectivity index (χ1v) is 7.63. The number of nitrogens with one attached hydrogen (secondary N) is 2. The average Bonchev–Trinajstić information content (AvgIpc) is 2.50. The topological polar surface area (TPSA) is 53.6 Å². The molecule has 5 nitrogen and oxygen atoms in total. The molecule has 0 aromatic heterocycles. The third kappa shape index (κ3) is 3.13. The predicted octanol–water partition coefficient (Wildman–Crippen LogP) is 1.46. The van der Waals surface area contributed by atoms with Crippen molar-refractivity contribution in [3.63, 3.8) is 0 Å². The van der Waals surface area contributed by atoms with Gasteiger partial charge in [-0.1, -0.05) is 12.1 Å². The number of ether oxygens (including phenoxy) is 1. The molecule has 1 fully saturated rings. The number of piperidine rings is 1. The van der Waals surface area contributed by atoms with Crippen molar-refractivity contribution >= 4 is 11.6 Å². The number of fused-ring (bicyclic) bond motifs is 1. The number of nitrogens with zero attached hydrogens (tertiary/aromatic N) is 1. The molecule has 114 valence electrons. The molecule has 3 rings (SSSR count). The van der Waals surface area contributed by atoms with E-state index in [1.54, 1.807) is 0 Å². The Kier molecular flexibility index (Phi) is 4.01. The number of carbonyl (C=O) groups is 1. The highest BCUT2D eigenvalue weighted by atomic mass is 16.5. The molecule has 3 atom stereocenters. The molecule has 0 saturated carbocycles. The van der Waals surface area contributed by atoms with E-state index in [-0.39, 0.29) is 11.9 Å². The smallest absolute Gasteiger partial charge is 0.263 e. The summed E-state index contributed by atoms with van der Waals surface area (Å²) in [5.41, 5.74) is 0.953. The molecule has 2 aliphatic heterocycles. The van der Waals surface area contributed by atoms with Crippen molar-refractivity contribution in [1.82, 2.24) is 10.2 Å². The van der Waals surface area contributed by atoms with Gasteiger partial charge in [0.15, 0.2) is 6.10 Å². The Hall–Kier alpha value is -1.75. The first kappa shape index (κ1) is 14.2. The summed E-state index contributed by atoms with van der Waals surface area (Å²) in [5.74, 6) is 0.736. The highest BCUT2D eigenvalue weighted by Gasteiger charge is 2.29. The molecule has 1 saturated heterocycles. The summed E-state index contributed by atoms with van der Waals surface area (Å²) in [6.07, 6.45) is 1.55. The van der Waals surface area contributed by atoms with Gasteiger partial charge in [-0.2, -0.15) is 0 Å². The van der Waals surface area contributed by atoms with Crippen LogP contribution < -0.4 is 15.4 Å². The Bertz CT molecular complexity index is 520. The van der Waals surface area contributed by atoms with Crippen molar-refractivity contribution in [2.45, 2.75) is 38.0 Å². The highest BCUT2D eigenvalue weighted by molar-refractivity contribution is 5.83. The Labute approximate surface area is 125 Å². The van der Waals surface area contributed by atoms with Crippen LogP contribution in [0.15, 0.2) is 24.3 Å². The average molecular weight is 289 g/mol. The summed E-state index contributed by atoms with van der Waals surface area (Å²) in [6, 6.07) is 8.48. The molecular formula is C16H23N3O2. The van der Waals surface area contributed by atoms with E-state index in [9.17, 15) is 4.79 Å². The van der Waals surface area contributed by atoms with Crippen LogP contribution in [-0.4, -0.2) is 49.1 Å². The minimum atomic E-state index is -0.449. The van der Waals surface area contributed by atoms with E-state index >= 15 is 0 Å². The van der Waals surface area contributed by atoms with Gasteiger partial charge in [-0.15, -0.1) is 0 Å². The van der Waals surface area contributed by atoms with Crippen LogP contribution in [0.2, 0.25) is 0 Å². The number of rotatable bonds is 2. The molecule has 1 aromatic carbocycles. The lowest BCUT2D eigenvalue weighted by Gasteiger charge is -2.36. The number of anilines is 1. The number of hydrogen-bond acceptors (Lipinski definition) is 4. The summed E-state index contributed by atoms with van der Waals surface area (Å²) in [7, 11) is 2.13. The van der Waals surface area contributed by atoms with Crippen molar-refractivity contribution in [3.05, 3.63) is 24.3 Å². The number of para-hydroxylation sites is 2. The van der Waals surface area contributed by atoms with E-state index in [4.69, 9.17) is 4.74 Å². The first-order valence-electron chi connectivity index (χ1n) is 7.63. The molecule has 0 radical (unpaired) electrons. The normalized spacial score (nSPS) is 29.0.